The topological polar surface area (TPSA) is 131 Å². The summed E-state index contributed by atoms with van der Waals surface area (Å²) in [6.07, 6.45) is 0. The zero-order valence-corrected chi connectivity index (χ0v) is 24.4. The van der Waals surface area contributed by atoms with Gasteiger partial charge in [-0.1, -0.05) is 26.0 Å². The fourth-order valence-electron chi connectivity index (χ4n) is 5.35. The van der Waals surface area contributed by atoms with Gasteiger partial charge in [-0.05, 0) is 33.3 Å². The Morgan fingerprint density at radius 2 is 1.70 bits per heavy atom. The van der Waals surface area contributed by atoms with E-state index in [1.54, 1.807) is 26.8 Å². The number of benzene rings is 1. The number of nitro benzene ring substituents is 1. The standard InChI is InChI=1S/C29H40N4O7/c1-18-24(27(35)39-7)26(22-9-8-10-23(15-22)33(37)38)25(19(2)30-18)28(36)40-17-29(5,6)16-31-11-13-32(14-12-31)20(3)21(4)34/h8-10,15,20,26,30H,11-14,16-17H2,1-7H3. The number of carbonyl (C=O) groups excluding carboxylic acids is 3. The number of piperazine rings is 1. The molecule has 0 saturated carbocycles. The molecule has 1 saturated heterocycles. The third-order valence-electron chi connectivity index (χ3n) is 7.59. The highest BCUT2D eigenvalue weighted by Gasteiger charge is 2.39. The molecule has 2 aliphatic heterocycles. The summed E-state index contributed by atoms with van der Waals surface area (Å²) in [6.45, 7) is 15.0. The fraction of sp³-hybridized carbons (Fsp3) is 0.552. The smallest absolute Gasteiger partial charge is 0.336 e. The van der Waals surface area contributed by atoms with E-state index < -0.39 is 22.8 Å². The lowest BCUT2D eigenvalue weighted by molar-refractivity contribution is -0.384. The van der Waals surface area contributed by atoms with Crippen LogP contribution in [0.2, 0.25) is 0 Å². The van der Waals surface area contributed by atoms with Crippen LogP contribution in [0.15, 0.2) is 46.8 Å². The van der Waals surface area contributed by atoms with E-state index in [0.29, 0.717) is 23.5 Å². The highest BCUT2D eigenvalue weighted by Crippen LogP contribution is 2.40. The number of Topliss-reactive ketones (excluding diaryl/α,β-unsaturated/α-hetero) is 1. The summed E-state index contributed by atoms with van der Waals surface area (Å²) in [5.41, 5.74) is 1.28. The number of carbonyl (C=O) groups is 3. The Hall–Kier alpha value is -3.57. The van der Waals surface area contributed by atoms with Crippen LogP contribution in [-0.2, 0) is 23.9 Å². The van der Waals surface area contributed by atoms with Crippen LogP contribution in [0, 0.1) is 15.5 Å². The molecule has 2 unspecified atom stereocenters. The third-order valence-corrected chi connectivity index (χ3v) is 7.59. The number of methoxy groups -OCH3 is 1. The fourth-order valence-corrected chi connectivity index (χ4v) is 5.35. The van der Waals surface area contributed by atoms with Gasteiger partial charge in [0.25, 0.3) is 5.69 Å². The van der Waals surface area contributed by atoms with Crippen LogP contribution in [0.1, 0.15) is 53.0 Å². The van der Waals surface area contributed by atoms with E-state index in [1.165, 1.54) is 25.3 Å². The van der Waals surface area contributed by atoms with Gasteiger partial charge in [0.1, 0.15) is 5.78 Å². The molecule has 1 aromatic carbocycles. The Balaban J connectivity index is 1.78. The number of nitrogens with one attached hydrogen (secondary N) is 1. The van der Waals surface area contributed by atoms with Crippen molar-refractivity contribution in [1.82, 2.24) is 15.1 Å². The number of hydrogen-bond acceptors (Lipinski definition) is 10. The largest absolute Gasteiger partial charge is 0.466 e. The second-order valence-corrected chi connectivity index (χ2v) is 11.3. The van der Waals surface area contributed by atoms with Crippen molar-refractivity contribution in [3.05, 3.63) is 62.5 Å². The van der Waals surface area contributed by atoms with E-state index >= 15 is 0 Å². The number of allylic oxidation sites excluding steroid dienone is 2. The van der Waals surface area contributed by atoms with E-state index in [0.717, 1.165) is 26.2 Å². The molecule has 1 fully saturated rings. The predicted molar refractivity (Wildman–Crippen MR) is 149 cm³/mol. The van der Waals surface area contributed by atoms with Crippen LogP contribution in [0.25, 0.3) is 0 Å². The lowest BCUT2D eigenvalue weighted by Crippen LogP contribution is -2.53. The van der Waals surface area contributed by atoms with Crippen molar-refractivity contribution in [3.8, 4) is 0 Å². The normalized spacial score (nSPS) is 19.6. The van der Waals surface area contributed by atoms with Crippen LogP contribution in [-0.4, -0.2) is 84.9 Å². The maximum absolute atomic E-state index is 13.6. The highest BCUT2D eigenvalue weighted by molar-refractivity contribution is 5.99. The Kier molecular flexibility index (Phi) is 9.86. The Bertz CT molecular complexity index is 1230. The Morgan fingerprint density at radius 3 is 2.25 bits per heavy atom. The molecular formula is C29H40N4O7. The monoisotopic (exact) mass is 556 g/mol. The van der Waals surface area contributed by atoms with E-state index in [2.05, 4.69) is 15.1 Å². The molecule has 0 aromatic heterocycles. The average molecular weight is 557 g/mol. The lowest BCUT2D eigenvalue weighted by Gasteiger charge is -2.40. The van der Waals surface area contributed by atoms with Gasteiger partial charge in [0.05, 0.1) is 41.7 Å². The molecule has 2 aliphatic rings. The molecule has 11 heteroatoms. The zero-order chi connectivity index (χ0) is 29.8. The molecule has 0 aliphatic carbocycles. The molecule has 218 valence electrons. The minimum absolute atomic E-state index is 0.0942. The molecule has 0 radical (unpaired) electrons. The second kappa shape index (κ2) is 12.7. The minimum Gasteiger partial charge on any atom is -0.466 e. The van der Waals surface area contributed by atoms with Gasteiger partial charge in [-0.25, -0.2) is 9.59 Å². The first-order chi connectivity index (χ1) is 18.8. The number of ketones is 1. The molecule has 11 nitrogen and oxygen atoms in total. The minimum atomic E-state index is -0.902. The molecule has 40 heavy (non-hydrogen) atoms. The average Bonchev–Trinajstić information content (AvgIpc) is 2.90. The molecule has 0 spiro atoms. The first kappa shape index (κ1) is 31.0. The molecule has 0 amide bonds. The van der Waals surface area contributed by atoms with Crippen LogP contribution >= 0.6 is 0 Å². The van der Waals surface area contributed by atoms with Crippen LogP contribution in [0.5, 0.6) is 0 Å². The van der Waals surface area contributed by atoms with E-state index in [1.807, 2.05) is 20.8 Å². The van der Waals surface area contributed by atoms with Gasteiger partial charge in [0.2, 0.25) is 0 Å². The zero-order valence-electron chi connectivity index (χ0n) is 24.4. The van der Waals surface area contributed by atoms with Crippen molar-refractivity contribution < 1.29 is 28.8 Å². The van der Waals surface area contributed by atoms with Gasteiger partial charge in [-0.15, -0.1) is 0 Å². The number of nitrogens with zero attached hydrogens (tertiary/aromatic N) is 3. The van der Waals surface area contributed by atoms with Crippen molar-refractivity contribution in [3.63, 3.8) is 0 Å². The van der Waals surface area contributed by atoms with Crippen LogP contribution in [0.4, 0.5) is 5.69 Å². The number of non-ortho nitro benzene ring substituents is 1. The number of rotatable bonds is 10. The quantitative estimate of drug-likeness (QED) is 0.260. The van der Waals surface area contributed by atoms with Crippen molar-refractivity contribution >= 4 is 23.4 Å². The molecular weight excluding hydrogens is 516 g/mol. The highest BCUT2D eigenvalue weighted by atomic mass is 16.6. The summed E-state index contributed by atoms with van der Waals surface area (Å²) in [6, 6.07) is 5.80. The number of esters is 2. The van der Waals surface area contributed by atoms with Gasteiger partial charge in [0.15, 0.2) is 0 Å². The Labute approximate surface area is 235 Å². The molecule has 2 atom stereocenters. The molecule has 0 bridgehead atoms. The van der Waals surface area contributed by atoms with Crippen LogP contribution in [0.3, 0.4) is 0 Å². The number of nitro groups is 1. The van der Waals surface area contributed by atoms with Crippen molar-refractivity contribution in [2.45, 2.75) is 53.5 Å². The third kappa shape index (κ3) is 7.14. The SMILES string of the molecule is COC(=O)C1=C(C)NC(C)=C(C(=O)OCC(C)(C)CN2CCN(C(C)C(C)=O)CC2)C1c1cccc([N+](=O)[O-])c1. The predicted octanol–water partition coefficient (Wildman–Crippen LogP) is 3.17. The van der Waals surface area contributed by atoms with Gasteiger partial charge in [-0.3, -0.25) is 19.8 Å². The molecule has 2 heterocycles. The van der Waals surface area contributed by atoms with E-state index in [4.69, 9.17) is 9.47 Å². The van der Waals surface area contributed by atoms with Gasteiger partial charge in [0, 0.05) is 61.7 Å². The molecule has 1 aromatic rings. The lowest BCUT2D eigenvalue weighted by atomic mass is 9.80. The molecule has 1 N–H and O–H groups in total. The summed E-state index contributed by atoms with van der Waals surface area (Å²) in [4.78, 5) is 53.6. The number of hydrogen-bond donors (Lipinski definition) is 1. The van der Waals surface area contributed by atoms with Crippen molar-refractivity contribution in [2.24, 2.45) is 5.41 Å². The second-order valence-electron chi connectivity index (χ2n) is 11.3. The summed E-state index contributed by atoms with van der Waals surface area (Å²) >= 11 is 0. The van der Waals surface area contributed by atoms with Crippen LogP contribution < -0.4 is 5.32 Å². The summed E-state index contributed by atoms with van der Waals surface area (Å²) in [7, 11) is 1.25. The van der Waals surface area contributed by atoms with Crippen molar-refractivity contribution in [2.75, 3.05) is 46.4 Å². The first-order valence-electron chi connectivity index (χ1n) is 13.4. The maximum atomic E-state index is 13.6. The van der Waals surface area contributed by atoms with Gasteiger partial charge < -0.3 is 19.7 Å². The summed E-state index contributed by atoms with van der Waals surface area (Å²) in [5.74, 6) is -1.99. The summed E-state index contributed by atoms with van der Waals surface area (Å²) in [5, 5.41) is 14.6. The number of ether oxygens (including phenoxy) is 2. The van der Waals surface area contributed by atoms with Crippen molar-refractivity contribution in [1.29, 1.82) is 0 Å². The number of dihydropyridines is 1. The van der Waals surface area contributed by atoms with Gasteiger partial charge in [-0.2, -0.15) is 0 Å². The first-order valence-corrected chi connectivity index (χ1v) is 13.4. The maximum Gasteiger partial charge on any atom is 0.336 e. The summed E-state index contributed by atoms with van der Waals surface area (Å²) < 4.78 is 10.9. The van der Waals surface area contributed by atoms with Gasteiger partial charge >= 0.3 is 11.9 Å². The van der Waals surface area contributed by atoms with E-state index in [-0.39, 0.29) is 40.7 Å². The Morgan fingerprint density at radius 1 is 1.10 bits per heavy atom. The molecule has 3 rings (SSSR count). The van der Waals surface area contributed by atoms with E-state index in [9.17, 15) is 24.5 Å².